The molecule has 0 radical (unpaired) electrons. The lowest BCUT2D eigenvalue weighted by atomic mass is 10.0. The second-order valence-electron chi connectivity index (χ2n) is 4.26. The van der Waals surface area contributed by atoms with Gasteiger partial charge in [0.2, 0.25) is 0 Å². The Kier molecular flexibility index (Phi) is 4.18. The first-order valence-corrected chi connectivity index (χ1v) is 9.16. The number of nitriles is 1. The fourth-order valence-corrected chi connectivity index (χ4v) is 5.23. The number of benzene rings is 1. The van der Waals surface area contributed by atoms with Crippen LogP contribution in [0.3, 0.4) is 0 Å². The van der Waals surface area contributed by atoms with Crippen molar-refractivity contribution in [2.45, 2.75) is 0 Å². The van der Waals surface area contributed by atoms with Gasteiger partial charge in [-0.1, -0.05) is 30.3 Å². The summed E-state index contributed by atoms with van der Waals surface area (Å²) in [5.41, 5.74) is 8.73. The monoisotopic (exact) mass is 438 g/mol. The van der Waals surface area contributed by atoms with E-state index in [1.807, 2.05) is 36.4 Å². The van der Waals surface area contributed by atoms with Gasteiger partial charge in [-0.15, -0.1) is 22.7 Å². The average molecular weight is 440 g/mol. The highest BCUT2D eigenvalue weighted by Crippen LogP contribution is 2.48. The van der Waals surface area contributed by atoms with Crippen molar-refractivity contribution in [1.29, 1.82) is 5.26 Å². The van der Waals surface area contributed by atoms with Crippen molar-refractivity contribution in [2.75, 3.05) is 5.73 Å². The van der Waals surface area contributed by atoms with E-state index in [2.05, 4.69) is 37.9 Å². The van der Waals surface area contributed by atoms with Gasteiger partial charge in [0.15, 0.2) is 0 Å². The molecule has 2 nitrogen and oxygen atoms in total. The van der Waals surface area contributed by atoms with E-state index in [1.165, 1.54) is 11.3 Å². The minimum Gasteiger partial charge on any atom is -0.396 e. The number of hydrogen-bond acceptors (Lipinski definition) is 4. The van der Waals surface area contributed by atoms with Crippen LogP contribution in [0.1, 0.15) is 4.88 Å². The Bertz CT molecular complexity index is 825. The Labute approximate surface area is 147 Å². The van der Waals surface area contributed by atoms with E-state index in [9.17, 15) is 5.26 Å². The molecule has 3 aromatic rings. The van der Waals surface area contributed by atoms with Crippen LogP contribution >= 0.6 is 54.5 Å². The van der Waals surface area contributed by atoms with Crippen LogP contribution in [0.25, 0.3) is 20.9 Å². The highest BCUT2D eigenvalue weighted by atomic mass is 79.9. The molecular formula is C15H8Br2N2S2. The largest absolute Gasteiger partial charge is 0.396 e. The number of anilines is 1. The standard InChI is InChI=1S/C15H8Br2N2S2/c16-9-6-10(21-15(9)17)14-12(8-4-2-1-3-5-8)13(19)11(7-18)20-14/h1-6H,19H2. The zero-order valence-corrected chi connectivity index (χ0v) is 15.4. The van der Waals surface area contributed by atoms with Gasteiger partial charge in [-0.3, -0.25) is 0 Å². The number of nitrogens with zero attached hydrogens (tertiary/aromatic N) is 1. The molecule has 2 aromatic heterocycles. The first-order chi connectivity index (χ1) is 10.1. The van der Waals surface area contributed by atoms with Crippen LogP contribution in [0.4, 0.5) is 5.69 Å². The molecule has 2 N–H and O–H groups in total. The molecule has 0 aliphatic carbocycles. The van der Waals surface area contributed by atoms with E-state index in [-0.39, 0.29) is 0 Å². The maximum Gasteiger partial charge on any atom is 0.129 e. The van der Waals surface area contributed by atoms with Crippen LogP contribution in [0.5, 0.6) is 0 Å². The second-order valence-corrected chi connectivity index (χ2v) is 8.50. The molecule has 6 heteroatoms. The predicted molar refractivity (Wildman–Crippen MR) is 97.6 cm³/mol. The Hall–Kier alpha value is -1.13. The van der Waals surface area contributed by atoms with E-state index in [0.717, 1.165) is 29.1 Å². The maximum absolute atomic E-state index is 9.28. The maximum atomic E-state index is 9.28. The van der Waals surface area contributed by atoms with Crippen molar-refractivity contribution in [2.24, 2.45) is 0 Å². The Morgan fingerprint density at radius 3 is 2.38 bits per heavy atom. The Balaban J connectivity index is 2.28. The van der Waals surface area contributed by atoms with E-state index in [0.29, 0.717) is 10.6 Å². The van der Waals surface area contributed by atoms with Crippen LogP contribution in [-0.2, 0) is 0 Å². The van der Waals surface area contributed by atoms with Gasteiger partial charge in [0, 0.05) is 14.9 Å². The molecule has 0 bridgehead atoms. The summed E-state index contributed by atoms with van der Waals surface area (Å²) in [7, 11) is 0. The van der Waals surface area contributed by atoms with Gasteiger partial charge in [0.05, 0.1) is 14.4 Å². The summed E-state index contributed by atoms with van der Waals surface area (Å²) in [5.74, 6) is 0. The fraction of sp³-hybridized carbons (Fsp3) is 0. The van der Waals surface area contributed by atoms with E-state index in [1.54, 1.807) is 11.3 Å². The summed E-state index contributed by atoms with van der Waals surface area (Å²) in [5, 5.41) is 9.28. The van der Waals surface area contributed by atoms with Crippen LogP contribution in [0, 0.1) is 11.3 Å². The molecule has 0 aliphatic heterocycles. The second kappa shape index (κ2) is 5.93. The molecule has 3 rings (SSSR count). The lowest BCUT2D eigenvalue weighted by Gasteiger charge is -2.04. The molecular weight excluding hydrogens is 432 g/mol. The van der Waals surface area contributed by atoms with Crippen molar-refractivity contribution < 1.29 is 0 Å². The van der Waals surface area contributed by atoms with Crippen LogP contribution < -0.4 is 5.73 Å². The lowest BCUT2D eigenvalue weighted by Crippen LogP contribution is -1.88. The number of rotatable bonds is 2. The van der Waals surface area contributed by atoms with Gasteiger partial charge < -0.3 is 5.73 Å². The topological polar surface area (TPSA) is 49.8 Å². The van der Waals surface area contributed by atoms with E-state index in [4.69, 9.17) is 5.73 Å². The normalized spacial score (nSPS) is 10.5. The average Bonchev–Trinajstić information content (AvgIpc) is 3.00. The lowest BCUT2D eigenvalue weighted by molar-refractivity contribution is 1.52. The minimum absolute atomic E-state index is 0.560. The van der Waals surface area contributed by atoms with Crippen LogP contribution in [0.15, 0.2) is 44.7 Å². The van der Waals surface area contributed by atoms with Gasteiger partial charge in [-0.25, -0.2) is 0 Å². The molecule has 0 saturated carbocycles. The van der Waals surface area contributed by atoms with Gasteiger partial charge in [-0.05, 0) is 43.5 Å². The molecule has 21 heavy (non-hydrogen) atoms. The van der Waals surface area contributed by atoms with Crippen molar-refractivity contribution in [3.8, 4) is 27.0 Å². The molecule has 0 aliphatic rings. The van der Waals surface area contributed by atoms with Gasteiger partial charge in [-0.2, -0.15) is 5.26 Å². The third-order valence-corrected chi connectivity index (χ3v) is 7.52. The number of nitrogens with two attached hydrogens (primary N) is 1. The third-order valence-electron chi connectivity index (χ3n) is 2.98. The number of thiophene rings is 2. The summed E-state index contributed by atoms with van der Waals surface area (Å²) in [6, 6.07) is 14.2. The molecule has 0 amide bonds. The van der Waals surface area contributed by atoms with Crippen molar-refractivity contribution in [1.82, 2.24) is 0 Å². The van der Waals surface area contributed by atoms with E-state index >= 15 is 0 Å². The molecule has 0 unspecified atom stereocenters. The Morgan fingerprint density at radius 2 is 1.81 bits per heavy atom. The zero-order valence-electron chi connectivity index (χ0n) is 10.6. The predicted octanol–water partition coefficient (Wildman–Crippen LogP) is 6.12. The molecule has 0 atom stereocenters. The van der Waals surface area contributed by atoms with Gasteiger partial charge in [0.25, 0.3) is 0 Å². The van der Waals surface area contributed by atoms with Crippen molar-refractivity contribution in [3.63, 3.8) is 0 Å². The third kappa shape index (κ3) is 2.67. The highest BCUT2D eigenvalue weighted by Gasteiger charge is 2.20. The molecule has 2 heterocycles. The Morgan fingerprint density at radius 1 is 1.10 bits per heavy atom. The summed E-state index contributed by atoms with van der Waals surface area (Å²) in [4.78, 5) is 2.68. The first-order valence-electron chi connectivity index (χ1n) is 5.94. The fourth-order valence-electron chi connectivity index (χ4n) is 2.05. The minimum atomic E-state index is 0.560. The van der Waals surface area contributed by atoms with E-state index < -0.39 is 0 Å². The smallest absolute Gasteiger partial charge is 0.129 e. The van der Waals surface area contributed by atoms with Gasteiger partial charge in [0.1, 0.15) is 10.9 Å². The molecule has 1 aromatic carbocycles. The summed E-state index contributed by atoms with van der Waals surface area (Å²) in [6.45, 7) is 0. The number of nitrogen functional groups attached to an aromatic ring is 1. The molecule has 0 fully saturated rings. The first kappa shape index (κ1) is 14.8. The summed E-state index contributed by atoms with van der Waals surface area (Å²) in [6.07, 6.45) is 0. The number of hydrogen-bond donors (Lipinski definition) is 1. The summed E-state index contributed by atoms with van der Waals surface area (Å²) >= 11 is 10.1. The SMILES string of the molecule is N#Cc1sc(-c2cc(Br)c(Br)s2)c(-c2ccccc2)c1N. The zero-order chi connectivity index (χ0) is 15.0. The highest BCUT2D eigenvalue weighted by molar-refractivity contribution is 9.13. The van der Waals surface area contributed by atoms with Crippen molar-refractivity contribution in [3.05, 3.63) is 49.5 Å². The van der Waals surface area contributed by atoms with Crippen molar-refractivity contribution >= 4 is 60.2 Å². The quantitative estimate of drug-likeness (QED) is 0.522. The van der Waals surface area contributed by atoms with Gasteiger partial charge >= 0.3 is 0 Å². The molecule has 0 saturated heterocycles. The van der Waals surface area contributed by atoms with Crippen LogP contribution in [0.2, 0.25) is 0 Å². The van der Waals surface area contributed by atoms with Crippen LogP contribution in [-0.4, -0.2) is 0 Å². The number of halogens is 2. The summed E-state index contributed by atoms with van der Waals surface area (Å²) < 4.78 is 2.04. The molecule has 0 spiro atoms. The molecule has 104 valence electrons.